The van der Waals surface area contributed by atoms with Gasteiger partial charge in [-0.15, -0.1) is 45.3 Å². The Labute approximate surface area is 392 Å². The third-order valence-corrected chi connectivity index (χ3v) is 24.6. The molecule has 11 rings (SSSR count). The lowest BCUT2D eigenvalue weighted by atomic mass is 10.0. The minimum absolute atomic E-state index is 0.673. The van der Waals surface area contributed by atoms with Crippen molar-refractivity contribution in [2.45, 2.75) is 91.1 Å². The summed E-state index contributed by atoms with van der Waals surface area (Å²) in [5.41, 5.74) is 9.29. The van der Waals surface area contributed by atoms with Crippen molar-refractivity contribution in [2.75, 3.05) is 0 Å². The van der Waals surface area contributed by atoms with Crippen LogP contribution in [-0.2, 0) is 0 Å². The molecule has 8 aromatic heterocycles. The van der Waals surface area contributed by atoms with Crippen molar-refractivity contribution in [3.8, 4) is 52.0 Å². The van der Waals surface area contributed by atoms with E-state index in [1.807, 2.05) is 47.2 Å². The van der Waals surface area contributed by atoms with Gasteiger partial charge in [-0.25, -0.2) is 9.97 Å². The molecule has 0 bridgehead atoms. The number of thiazole rings is 2. The molecule has 10 aromatic rings. The third kappa shape index (κ3) is 7.22. The molecule has 2 unspecified atom stereocenters. The van der Waals surface area contributed by atoms with Crippen LogP contribution in [0.1, 0.15) is 79.1 Å². The SMILES string of the molecule is CCCCC(CC)C[Si]1(CC(CC)CCCC)c2cc(-c3ncc(-c4nc5ccccc5s4)c4nsnc34)sc2-c2sc(-c3ncc(-c4nc5ccccc5s4)c4nsnc34)cc21. The summed E-state index contributed by atoms with van der Waals surface area (Å²) in [6, 6.07) is 24.3. The van der Waals surface area contributed by atoms with Crippen LogP contribution in [-0.4, -0.2) is 45.5 Å². The Bertz CT molecular complexity index is 2980. The van der Waals surface area contributed by atoms with Crippen LogP contribution in [0.2, 0.25) is 12.1 Å². The standard InChI is InChI=1S/C48H46N8S6Si/c1-5-9-15-27(7-3)25-63(26-28(8-4)16-10-6-2)37-21-35(41-43-39(53-61-55-43)29(23-49-41)47-51-31-17-11-13-19-33(31)59-47)57-45(37)46-38(63)22-36(58-46)42-44-40(54-62-56-44)30(24-50-42)48-52-32-18-12-14-20-34(32)60-48/h11-14,17-24,27-28H,5-10,15-16,25-26H2,1-4H3. The number of rotatable bonds is 16. The molecular weight excluding hydrogens is 909 g/mol. The van der Waals surface area contributed by atoms with E-state index in [9.17, 15) is 0 Å². The smallest absolute Gasteiger partial charge is 0.132 e. The molecule has 0 amide bonds. The summed E-state index contributed by atoms with van der Waals surface area (Å²) < 4.78 is 22.0. The van der Waals surface area contributed by atoms with Crippen molar-refractivity contribution in [3.63, 3.8) is 0 Å². The number of pyridine rings is 2. The van der Waals surface area contributed by atoms with Gasteiger partial charge in [0.1, 0.15) is 51.5 Å². The van der Waals surface area contributed by atoms with Crippen molar-refractivity contribution >= 4 is 130 Å². The molecule has 318 valence electrons. The summed E-state index contributed by atoms with van der Waals surface area (Å²) in [5.74, 6) is 1.35. The Morgan fingerprint density at radius 1 is 0.540 bits per heavy atom. The highest BCUT2D eigenvalue weighted by Gasteiger charge is 2.50. The molecule has 0 spiro atoms. The van der Waals surface area contributed by atoms with E-state index in [1.54, 1.807) is 33.0 Å². The maximum atomic E-state index is 5.25. The molecule has 0 saturated heterocycles. The first kappa shape index (κ1) is 41.5. The predicted molar refractivity (Wildman–Crippen MR) is 275 cm³/mol. The van der Waals surface area contributed by atoms with Gasteiger partial charge in [-0.3, -0.25) is 9.97 Å². The molecule has 0 aliphatic carbocycles. The third-order valence-electron chi connectivity index (χ3n) is 13.2. The monoisotopic (exact) mass is 954 g/mol. The molecule has 1 aliphatic heterocycles. The van der Waals surface area contributed by atoms with Gasteiger partial charge in [0, 0.05) is 22.1 Å². The van der Waals surface area contributed by atoms with Crippen LogP contribution < -0.4 is 10.4 Å². The zero-order valence-electron chi connectivity index (χ0n) is 35.7. The van der Waals surface area contributed by atoms with Crippen LogP contribution in [0.4, 0.5) is 0 Å². The van der Waals surface area contributed by atoms with E-state index >= 15 is 0 Å². The van der Waals surface area contributed by atoms with Gasteiger partial charge < -0.3 is 0 Å². The fourth-order valence-corrected chi connectivity index (χ4v) is 23.3. The molecular formula is C48H46N8S6Si. The van der Waals surface area contributed by atoms with E-state index in [-0.39, 0.29) is 0 Å². The lowest BCUT2D eigenvalue weighted by Crippen LogP contribution is -2.56. The number of thiophene rings is 2. The highest BCUT2D eigenvalue weighted by Crippen LogP contribution is 2.50. The number of fused-ring (bicyclic) bond motifs is 7. The topological polar surface area (TPSA) is 103 Å². The number of para-hydroxylation sites is 2. The summed E-state index contributed by atoms with van der Waals surface area (Å²) in [6.45, 7) is 9.54. The second kappa shape index (κ2) is 17.3. The number of unbranched alkanes of at least 4 members (excludes halogenated alkanes) is 2. The molecule has 2 aromatic carbocycles. The van der Waals surface area contributed by atoms with Gasteiger partial charge in [0.15, 0.2) is 0 Å². The minimum Gasteiger partial charge on any atom is -0.252 e. The van der Waals surface area contributed by atoms with Gasteiger partial charge in [0.05, 0.1) is 64.8 Å². The second-order valence-electron chi connectivity index (χ2n) is 17.0. The first-order valence-electron chi connectivity index (χ1n) is 22.2. The van der Waals surface area contributed by atoms with E-state index in [2.05, 4.69) is 76.2 Å². The van der Waals surface area contributed by atoms with Gasteiger partial charge in [-0.1, -0.05) is 103 Å². The van der Waals surface area contributed by atoms with E-state index < -0.39 is 8.07 Å². The largest absolute Gasteiger partial charge is 0.252 e. The van der Waals surface area contributed by atoms with E-state index in [0.29, 0.717) is 11.8 Å². The van der Waals surface area contributed by atoms with Gasteiger partial charge >= 0.3 is 0 Å². The van der Waals surface area contributed by atoms with Crippen LogP contribution in [0.5, 0.6) is 0 Å². The highest BCUT2D eigenvalue weighted by atomic mass is 32.1. The fraction of sp³-hybridized carbons (Fsp3) is 0.333. The Balaban J connectivity index is 1.08. The molecule has 9 heterocycles. The number of hydrogen-bond acceptors (Lipinski definition) is 14. The van der Waals surface area contributed by atoms with Gasteiger partial charge in [-0.2, -0.15) is 17.5 Å². The van der Waals surface area contributed by atoms with Crippen molar-refractivity contribution < 1.29 is 0 Å². The lowest BCUT2D eigenvalue weighted by molar-refractivity contribution is 0.469. The molecule has 8 nitrogen and oxygen atoms in total. The number of benzene rings is 2. The maximum absolute atomic E-state index is 5.25. The van der Waals surface area contributed by atoms with Gasteiger partial charge in [-0.05, 0) is 70.7 Å². The van der Waals surface area contributed by atoms with Crippen LogP contribution >= 0.6 is 68.8 Å². The van der Waals surface area contributed by atoms with Crippen LogP contribution in [0.15, 0.2) is 73.1 Å². The summed E-state index contributed by atoms with van der Waals surface area (Å²) >= 11 is 9.75. The quantitative estimate of drug-likeness (QED) is 0.0882. The average molecular weight is 955 g/mol. The summed E-state index contributed by atoms with van der Waals surface area (Å²) in [4.78, 5) is 25.7. The normalized spacial score (nSPS) is 14.3. The summed E-state index contributed by atoms with van der Waals surface area (Å²) in [6.07, 6.45) is 14.0. The van der Waals surface area contributed by atoms with Crippen molar-refractivity contribution in [1.29, 1.82) is 0 Å². The van der Waals surface area contributed by atoms with E-state index in [4.69, 9.17) is 37.4 Å². The fourth-order valence-electron chi connectivity index (χ4n) is 9.80. The lowest BCUT2D eigenvalue weighted by Gasteiger charge is -2.35. The molecule has 0 N–H and O–H groups in total. The van der Waals surface area contributed by atoms with Crippen molar-refractivity contribution in [2.24, 2.45) is 11.8 Å². The minimum atomic E-state index is -2.35. The molecule has 0 fully saturated rings. The van der Waals surface area contributed by atoms with Crippen LogP contribution in [0.3, 0.4) is 0 Å². The molecule has 0 saturated carbocycles. The average Bonchev–Trinajstić information content (AvgIpc) is 4.17. The first-order valence-corrected chi connectivity index (χ1v) is 29.4. The molecule has 63 heavy (non-hydrogen) atoms. The van der Waals surface area contributed by atoms with Crippen molar-refractivity contribution in [1.82, 2.24) is 37.4 Å². The Morgan fingerprint density at radius 3 is 1.41 bits per heavy atom. The van der Waals surface area contributed by atoms with Crippen LogP contribution in [0, 0.1) is 11.8 Å². The Hall–Kier alpha value is -4.22. The van der Waals surface area contributed by atoms with Crippen LogP contribution in [0.25, 0.3) is 94.5 Å². The number of aromatic nitrogens is 8. The van der Waals surface area contributed by atoms with Crippen molar-refractivity contribution in [3.05, 3.63) is 73.1 Å². The predicted octanol–water partition coefficient (Wildman–Crippen LogP) is 14.5. The van der Waals surface area contributed by atoms with Gasteiger partial charge in [0.25, 0.3) is 0 Å². The first-order chi connectivity index (χ1) is 31.0. The van der Waals surface area contributed by atoms with E-state index in [1.165, 1.54) is 106 Å². The molecule has 1 aliphatic rings. The molecule has 0 radical (unpaired) electrons. The maximum Gasteiger partial charge on any atom is 0.132 e. The second-order valence-corrected chi connectivity index (χ2v) is 26.2. The zero-order chi connectivity index (χ0) is 42.7. The van der Waals surface area contributed by atoms with E-state index in [0.717, 1.165) is 75.0 Å². The number of nitrogens with zero attached hydrogens (tertiary/aromatic N) is 8. The number of hydrogen-bond donors (Lipinski definition) is 0. The summed E-state index contributed by atoms with van der Waals surface area (Å²) in [5, 5.41) is 5.11. The van der Waals surface area contributed by atoms with Gasteiger partial charge in [0.2, 0.25) is 0 Å². The summed E-state index contributed by atoms with van der Waals surface area (Å²) in [7, 11) is -2.35. The zero-order valence-corrected chi connectivity index (χ0v) is 41.6. The molecule has 15 heteroatoms. The molecule has 2 atom stereocenters. The Morgan fingerprint density at radius 2 is 0.984 bits per heavy atom. The Kier molecular flexibility index (Phi) is 11.4. The highest BCUT2D eigenvalue weighted by molar-refractivity contribution is 7.31.